The topological polar surface area (TPSA) is 161 Å². The van der Waals surface area contributed by atoms with Gasteiger partial charge in [0.15, 0.2) is 10.9 Å². The molecule has 432 valence electrons. The lowest BCUT2D eigenvalue weighted by Crippen LogP contribution is -2.61. The lowest BCUT2D eigenvalue weighted by atomic mass is 9.71. The average molecular weight is 1180 g/mol. The van der Waals surface area contributed by atoms with Gasteiger partial charge in [0.2, 0.25) is 17.5 Å². The van der Waals surface area contributed by atoms with Crippen LogP contribution >= 0.6 is 34.1 Å². The lowest BCUT2D eigenvalue weighted by Gasteiger charge is -2.48. The molecule has 5 atom stereocenters. The molecule has 0 aromatic heterocycles. The highest BCUT2D eigenvalue weighted by Gasteiger charge is 2.62. The number of rotatable bonds is 17. The summed E-state index contributed by atoms with van der Waals surface area (Å²) in [6, 6.07) is 27.0. The Labute approximate surface area is 478 Å². The zero-order valence-corrected chi connectivity index (χ0v) is 48.6. The third-order valence-corrected chi connectivity index (χ3v) is 22.2. The van der Waals surface area contributed by atoms with E-state index < -0.39 is 42.9 Å². The number of nitrogens with zero attached hydrogens (tertiary/aromatic N) is 6. The molecule has 4 saturated heterocycles. The van der Waals surface area contributed by atoms with Gasteiger partial charge in [-0.1, -0.05) is 65.2 Å². The Morgan fingerprint density at radius 1 is 0.938 bits per heavy atom. The molecule has 4 aromatic rings. The number of halogens is 4. The number of alkyl halides is 3. The number of thioether (sulfide) groups is 1. The number of nitrogens with one attached hydrogen (secondary N) is 2. The molecule has 5 aliphatic heterocycles. The smallest absolute Gasteiger partial charge is 0.380 e. The molecule has 15 nitrogen and oxygen atoms in total. The van der Waals surface area contributed by atoms with Gasteiger partial charge < -0.3 is 14.5 Å². The molecule has 0 spiro atoms. The van der Waals surface area contributed by atoms with Crippen LogP contribution in [0, 0.1) is 5.41 Å². The maximum absolute atomic E-state index is 15.2. The number of ether oxygens (including phenoxy) is 1. The molecule has 22 heteroatoms. The van der Waals surface area contributed by atoms with Crippen molar-refractivity contribution in [3.05, 3.63) is 119 Å². The van der Waals surface area contributed by atoms with Crippen molar-refractivity contribution in [3.8, 4) is 0 Å². The molecule has 5 heterocycles. The molecule has 0 radical (unpaired) electrons. The Bertz CT molecular complexity index is 3060. The Morgan fingerprint density at radius 2 is 1.69 bits per heavy atom. The molecule has 4 N–H and O–H groups in total. The molecule has 3 amide bonds. The standard InChI is InChI=1S/C58H72ClF3N8O7S3/c1-41-37-68(52-19-20-54(71)63-56(52)73)30-31-69(41)40-57(2)23-21-50(42-9-13-45(59)14-10-42)44(36-57)38-66-26-28-67(29-27-66)46-15-11-43(12-16-46)55(72)64-80(75,76)49-17-18-51-53(35-49)79(74,58(60,61)62)70(51)47(39-78-48-7-4-3-5-8-48)22-25-65-24-6-33-77-34-32-65/h3-5,7-18,35,41,47,52H,6,19-34,36-40H2,1-2H3,(H3-,63,64,71,72,73,75,76)/p+1/t41-,47+,52?,57+,79?/m0/s1. The van der Waals surface area contributed by atoms with E-state index in [1.54, 1.807) is 24.3 Å². The van der Waals surface area contributed by atoms with Crippen LogP contribution < -0.4 is 14.9 Å². The van der Waals surface area contributed by atoms with Crippen LogP contribution in [0.1, 0.15) is 74.7 Å². The number of piperazine rings is 2. The molecule has 80 heavy (non-hydrogen) atoms. The minimum atomic E-state index is -5.18. The predicted molar refractivity (Wildman–Crippen MR) is 309 cm³/mol. The van der Waals surface area contributed by atoms with Crippen molar-refractivity contribution in [2.45, 2.75) is 97.1 Å². The average Bonchev–Trinajstić information content (AvgIpc) is 3.75. The Balaban J connectivity index is 0.771. The summed E-state index contributed by atoms with van der Waals surface area (Å²) in [5.41, 5.74) is -0.0206. The second-order valence-corrected chi connectivity index (χ2v) is 28.1. The number of hydrogen-bond donors (Lipinski definition) is 4. The highest BCUT2D eigenvalue weighted by Crippen LogP contribution is 2.53. The first-order chi connectivity index (χ1) is 38.3. The molecular weight excluding hydrogens is 1110 g/mol. The van der Waals surface area contributed by atoms with Crippen molar-refractivity contribution in [2.75, 3.05) is 102 Å². The van der Waals surface area contributed by atoms with Crippen molar-refractivity contribution >= 4 is 78.5 Å². The number of carbonyl (C=O) groups excluding carboxylic acids is 3. The highest BCUT2D eigenvalue weighted by atomic mass is 35.5. The third-order valence-electron chi connectivity index (χ3n) is 16.8. The summed E-state index contributed by atoms with van der Waals surface area (Å²) in [4.78, 5) is 49.8. The Hall–Kier alpha value is -4.52. The number of piperidine rings is 1. The van der Waals surface area contributed by atoms with Crippen molar-refractivity contribution in [1.29, 1.82) is 0 Å². The molecule has 1 aliphatic carbocycles. The van der Waals surface area contributed by atoms with Crippen molar-refractivity contribution in [1.82, 2.24) is 29.6 Å². The number of carbonyl (C=O) groups is 3. The Kier molecular flexibility index (Phi) is 18.1. The van der Waals surface area contributed by atoms with Gasteiger partial charge in [-0.2, -0.15) is 17.4 Å². The normalized spacial score (nSPS) is 25.6. The van der Waals surface area contributed by atoms with Crippen molar-refractivity contribution < 1.29 is 49.6 Å². The molecular formula is C58H73ClF3N8O7S3+. The number of benzene rings is 4. The number of imide groups is 1. The first kappa shape index (κ1) is 58.7. The third kappa shape index (κ3) is 13.1. The van der Waals surface area contributed by atoms with E-state index in [9.17, 15) is 27.7 Å². The van der Waals surface area contributed by atoms with E-state index in [1.165, 1.54) is 40.6 Å². The SMILES string of the molecule is C[C@H]1CN(C2CCC(=O)NC2=O)CCN1C[C@]1(C)CCC(c2ccc(Cl)cc2)=C(CN2CCN(c3ccc(C(=O)NS(O)(O)c4ccc5c(c4)S(=O)(C(F)(F)F)=[N+]5[C@H](CCN4CCCOCC4)CSc4ccccc4)cc3)CC2)C1. The summed E-state index contributed by atoms with van der Waals surface area (Å²) in [5.74, 6) is -0.973. The second kappa shape index (κ2) is 24.7. The van der Waals surface area contributed by atoms with Crippen LogP contribution in [0.2, 0.25) is 5.02 Å². The number of anilines is 1. The van der Waals surface area contributed by atoms with Crippen LogP contribution in [-0.4, -0.2) is 176 Å². The van der Waals surface area contributed by atoms with Crippen LogP contribution in [0.15, 0.2) is 117 Å². The molecule has 4 aromatic carbocycles. The number of amides is 3. The fourth-order valence-corrected chi connectivity index (χ4v) is 17.1. The van der Waals surface area contributed by atoms with Gasteiger partial charge in [0.25, 0.3) is 15.6 Å². The van der Waals surface area contributed by atoms with Crippen molar-refractivity contribution in [3.63, 3.8) is 0 Å². The van der Waals surface area contributed by atoms with Crippen LogP contribution in [0.5, 0.6) is 0 Å². The molecule has 0 saturated carbocycles. The zero-order chi connectivity index (χ0) is 56.4. The van der Waals surface area contributed by atoms with E-state index >= 15 is 13.2 Å². The first-order valence-corrected chi connectivity index (χ1v) is 32.2. The Morgan fingerprint density at radius 3 is 2.40 bits per heavy atom. The van der Waals surface area contributed by atoms with E-state index in [2.05, 4.69) is 60.5 Å². The van der Waals surface area contributed by atoms with Crippen LogP contribution in [0.25, 0.3) is 5.57 Å². The minimum Gasteiger partial charge on any atom is -0.380 e. The maximum Gasteiger partial charge on any atom is 0.521 e. The molecule has 10 rings (SSSR count). The summed E-state index contributed by atoms with van der Waals surface area (Å²) >= 11 is 7.74. The summed E-state index contributed by atoms with van der Waals surface area (Å²) < 4.78 is 91.7. The summed E-state index contributed by atoms with van der Waals surface area (Å²) in [6.45, 7) is 14.9. The van der Waals surface area contributed by atoms with E-state index in [4.69, 9.17) is 16.3 Å². The van der Waals surface area contributed by atoms with Gasteiger partial charge in [-0.05, 0) is 116 Å². The predicted octanol–water partition coefficient (Wildman–Crippen LogP) is 9.65. The van der Waals surface area contributed by atoms with Crippen LogP contribution in [-0.2, 0) is 24.1 Å². The van der Waals surface area contributed by atoms with Gasteiger partial charge in [-0.3, -0.25) is 43.5 Å². The number of fused-ring (bicyclic) bond motifs is 1. The molecule has 2 unspecified atom stereocenters. The summed E-state index contributed by atoms with van der Waals surface area (Å²) in [7, 11) is -9.07. The van der Waals surface area contributed by atoms with Crippen molar-refractivity contribution in [2.24, 2.45) is 5.41 Å². The number of allylic oxidation sites excluding steroid dienone is 1. The minimum absolute atomic E-state index is 0.0369. The monoisotopic (exact) mass is 1180 g/mol. The number of hydrogen-bond acceptors (Lipinski definition) is 13. The van der Waals surface area contributed by atoms with E-state index in [0.717, 1.165) is 112 Å². The van der Waals surface area contributed by atoms with E-state index in [-0.39, 0.29) is 51.2 Å². The van der Waals surface area contributed by atoms with Crippen LogP contribution in [0.4, 0.5) is 24.5 Å². The maximum atomic E-state index is 15.2. The van der Waals surface area contributed by atoms with Gasteiger partial charge in [-0.15, -0.1) is 15.7 Å². The molecule has 6 aliphatic rings. The fourth-order valence-electron chi connectivity index (χ4n) is 12.4. The summed E-state index contributed by atoms with van der Waals surface area (Å²) in [6.07, 6.45) is 4.99. The lowest BCUT2D eigenvalue weighted by molar-refractivity contribution is -0.476. The van der Waals surface area contributed by atoms with Gasteiger partial charge in [0, 0.05) is 131 Å². The first-order valence-electron chi connectivity index (χ1n) is 27.8. The highest BCUT2D eigenvalue weighted by molar-refractivity contribution is 8.23. The summed E-state index contributed by atoms with van der Waals surface area (Å²) in [5, 5.41) is 3.22. The van der Waals surface area contributed by atoms with Gasteiger partial charge in [0.05, 0.1) is 23.3 Å². The van der Waals surface area contributed by atoms with E-state index in [0.29, 0.717) is 50.6 Å². The largest absolute Gasteiger partial charge is 0.521 e. The van der Waals surface area contributed by atoms with Gasteiger partial charge >= 0.3 is 5.51 Å². The zero-order valence-electron chi connectivity index (χ0n) is 45.4. The quantitative estimate of drug-likeness (QED) is 0.0450. The molecule has 4 fully saturated rings. The van der Waals surface area contributed by atoms with Gasteiger partial charge in [0.1, 0.15) is 0 Å². The van der Waals surface area contributed by atoms with E-state index in [1.807, 2.05) is 42.5 Å². The van der Waals surface area contributed by atoms with Crippen LogP contribution in [0.3, 0.4) is 0 Å². The fraction of sp³-hybridized carbons (Fsp3) is 0.500. The second-order valence-electron chi connectivity index (χ2n) is 22.4. The van der Waals surface area contributed by atoms with Gasteiger partial charge in [-0.25, -0.2) is 4.72 Å². The molecule has 0 bridgehead atoms.